The van der Waals surface area contributed by atoms with E-state index in [9.17, 15) is 17.6 Å². The molecule has 0 amide bonds. The zero-order chi connectivity index (χ0) is 16.2. The summed E-state index contributed by atoms with van der Waals surface area (Å²) in [5, 5.41) is 8.66. The lowest BCUT2D eigenvalue weighted by atomic mass is 10.2. The Balaban J connectivity index is 3.11. The molecule has 0 fully saturated rings. The molecule has 2 N–H and O–H groups in total. The van der Waals surface area contributed by atoms with Crippen molar-refractivity contribution in [2.75, 3.05) is 20.3 Å². The molecule has 1 aromatic rings. The van der Waals surface area contributed by atoms with E-state index in [1.807, 2.05) is 0 Å². The van der Waals surface area contributed by atoms with Gasteiger partial charge in [0.05, 0.1) is 5.56 Å². The maximum atomic E-state index is 14.0. The Kier molecular flexibility index (Phi) is 6.09. The maximum absolute atomic E-state index is 14.0. The smallest absolute Gasteiger partial charge is 0.338 e. The van der Waals surface area contributed by atoms with Crippen LogP contribution < -0.4 is 4.72 Å². The van der Waals surface area contributed by atoms with Crippen LogP contribution in [0.15, 0.2) is 17.0 Å². The van der Waals surface area contributed by atoms with Crippen molar-refractivity contribution < 1.29 is 27.4 Å². The Morgan fingerprint density at radius 1 is 1.52 bits per heavy atom. The van der Waals surface area contributed by atoms with Crippen LogP contribution in [0.25, 0.3) is 0 Å². The lowest BCUT2D eigenvalue weighted by Gasteiger charge is -2.13. The molecule has 0 aliphatic rings. The highest BCUT2D eigenvalue weighted by Gasteiger charge is 2.25. The third-order valence-electron chi connectivity index (χ3n) is 2.60. The highest BCUT2D eigenvalue weighted by Crippen LogP contribution is 2.23. The molecule has 1 aromatic carbocycles. The Bertz CT molecular complexity index is 635. The zero-order valence-corrected chi connectivity index (χ0v) is 13.0. The molecule has 0 saturated carbocycles. The third kappa shape index (κ3) is 4.63. The summed E-state index contributed by atoms with van der Waals surface area (Å²) in [7, 11) is -2.74. The van der Waals surface area contributed by atoms with Crippen molar-refractivity contribution in [3.8, 4) is 0 Å². The standard InChI is InChI=1S/C12H15ClFNO5S/c1-7(6-20-2)5-15-21(18,19)10-4-8(13)3-9(11(10)14)12(16)17/h3-4,7,15H,5-6H2,1-2H3,(H,16,17). The summed E-state index contributed by atoms with van der Waals surface area (Å²) in [6.45, 7) is 2.08. The van der Waals surface area contributed by atoms with E-state index < -0.39 is 32.3 Å². The average molecular weight is 340 g/mol. The number of halogens is 2. The predicted molar refractivity (Wildman–Crippen MR) is 74.6 cm³/mol. The van der Waals surface area contributed by atoms with E-state index >= 15 is 0 Å². The van der Waals surface area contributed by atoms with Gasteiger partial charge in [0.2, 0.25) is 10.0 Å². The molecule has 118 valence electrons. The minimum atomic E-state index is -4.21. The molecular formula is C12H15ClFNO5S. The second-order valence-electron chi connectivity index (χ2n) is 4.48. The maximum Gasteiger partial charge on any atom is 0.338 e. The largest absolute Gasteiger partial charge is 0.478 e. The predicted octanol–water partition coefficient (Wildman–Crippen LogP) is 1.74. The molecule has 0 aromatic heterocycles. The van der Waals surface area contributed by atoms with Gasteiger partial charge in [0.25, 0.3) is 0 Å². The molecular weight excluding hydrogens is 325 g/mol. The highest BCUT2D eigenvalue weighted by molar-refractivity contribution is 7.89. The van der Waals surface area contributed by atoms with Crippen LogP contribution in [0.2, 0.25) is 5.02 Å². The monoisotopic (exact) mass is 339 g/mol. The van der Waals surface area contributed by atoms with Crippen LogP contribution in [0, 0.1) is 11.7 Å². The van der Waals surface area contributed by atoms with Crippen LogP contribution in [0.3, 0.4) is 0 Å². The molecule has 9 heteroatoms. The van der Waals surface area contributed by atoms with Gasteiger partial charge in [0, 0.05) is 25.3 Å². The summed E-state index contributed by atoms with van der Waals surface area (Å²) >= 11 is 5.64. The number of benzene rings is 1. The topological polar surface area (TPSA) is 92.7 Å². The molecule has 0 heterocycles. The SMILES string of the molecule is COCC(C)CNS(=O)(=O)c1cc(Cl)cc(C(=O)O)c1F. The van der Waals surface area contributed by atoms with Crippen molar-refractivity contribution in [2.45, 2.75) is 11.8 Å². The number of ether oxygens (including phenoxy) is 1. The Hall–Kier alpha value is -1.22. The first-order valence-electron chi connectivity index (χ1n) is 5.90. The number of hydrogen-bond acceptors (Lipinski definition) is 4. The Labute approximate surface area is 126 Å². The van der Waals surface area contributed by atoms with Crippen molar-refractivity contribution in [1.29, 1.82) is 0 Å². The van der Waals surface area contributed by atoms with E-state index in [4.69, 9.17) is 21.4 Å². The van der Waals surface area contributed by atoms with Crippen molar-refractivity contribution >= 4 is 27.6 Å². The summed E-state index contributed by atoms with van der Waals surface area (Å²) in [6, 6.07) is 1.72. The lowest BCUT2D eigenvalue weighted by molar-refractivity contribution is 0.0691. The Morgan fingerprint density at radius 3 is 2.67 bits per heavy atom. The second kappa shape index (κ2) is 7.17. The molecule has 1 rings (SSSR count). The van der Waals surface area contributed by atoms with Gasteiger partial charge in [0.1, 0.15) is 4.90 Å². The molecule has 1 atom stereocenters. The molecule has 0 aliphatic carbocycles. The summed E-state index contributed by atoms with van der Waals surface area (Å²) in [5.74, 6) is -3.08. The van der Waals surface area contributed by atoms with E-state index in [2.05, 4.69) is 4.72 Å². The molecule has 0 aliphatic heterocycles. The number of carboxylic acids is 1. The fourth-order valence-electron chi connectivity index (χ4n) is 1.59. The number of rotatable bonds is 7. The van der Waals surface area contributed by atoms with Crippen molar-refractivity contribution in [1.82, 2.24) is 4.72 Å². The molecule has 0 spiro atoms. The molecule has 6 nitrogen and oxygen atoms in total. The van der Waals surface area contributed by atoms with E-state index in [0.29, 0.717) is 6.61 Å². The van der Waals surface area contributed by atoms with Gasteiger partial charge in [-0.1, -0.05) is 18.5 Å². The number of hydrogen-bond donors (Lipinski definition) is 2. The normalized spacial score (nSPS) is 13.1. The minimum absolute atomic E-state index is 0.0184. The number of methoxy groups -OCH3 is 1. The zero-order valence-electron chi connectivity index (χ0n) is 11.4. The fourth-order valence-corrected chi connectivity index (χ4v) is 3.16. The third-order valence-corrected chi connectivity index (χ3v) is 4.24. The first kappa shape index (κ1) is 17.8. The summed E-state index contributed by atoms with van der Waals surface area (Å²) in [4.78, 5) is 10.1. The Morgan fingerprint density at radius 2 is 2.14 bits per heavy atom. The van der Waals surface area contributed by atoms with Crippen LogP contribution in [-0.4, -0.2) is 39.8 Å². The van der Waals surface area contributed by atoms with Crippen LogP contribution in [0.5, 0.6) is 0 Å². The molecule has 1 unspecified atom stereocenters. The van der Waals surface area contributed by atoms with E-state index in [1.165, 1.54) is 7.11 Å². The number of carboxylic acid groups (broad SMARTS) is 1. The molecule has 0 bridgehead atoms. The van der Waals surface area contributed by atoms with Gasteiger partial charge in [-0.2, -0.15) is 0 Å². The van der Waals surface area contributed by atoms with Gasteiger partial charge >= 0.3 is 5.97 Å². The van der Waals surface area contributed by atoms with Gasteiger partial charge in [0.15, 0.2) is 5.82 Å². The number of carbonyl (C=O) groups is 1. The van der Waals surface area contributed by atoms with Gasteiger partial charge < -0.3 is 9.84 Å². The van der Waals surface area contributed by atoms with Gasteiger partial charge in [-0.05, 0) is 18.1 Å². The highest BCUT2D eigenvalue weighted by atomic mass is 35.5. The molecule has 21 heavy (non-hydrogen) atoms. The first-order valence-corrected chi connectivity index (χ1v) is 7.76. The van der Waals surface area contributed by atoms with Crippen LogP contribution in [0.1, 0.15) is 17.3 Å². The van der Waals surface area contributed by atoms with Gasteiger partial charge in [-0.25, -0.2) is 22.3 Å². The van der Waals surface area contributed by atoms with Crippen molar-refractivity contribution in [3.63, 3.8) is 0 Å². The van der Waals surface area contributed by atoms with E-state index in [1.54, 1.807) is 6.92 Å². The van der Waals surface area contributed by atoms with Crippen LogP contribution in [-0.2, 0) is 14.8 Å². The lowest BCUT2D eigenvalue weighted by Crippen LogP contribution is -2.31. The quantitative estimate of drug-likeness (QED) is 0.789. The average Bonchev–Trinajstić information content (AvgIpc) is 2.39. The number of aromatic carboxylic acids is 1. The van der Waals surface area contributed by atoms with E-state index in [-0.39, 0.29) is 17.5 Å². The van der Waals surface area contributed by atoms with Crippen molar-refractivity contribution in [3.05, 3.63) is 28.5 Å². The fraction of sp³-hybridized carbons (Fsp3) is 0.417. The van der Waals surface area contributed by atoms with Crippen LogP contribution >= 0.6 is 11.6 Å². The van der Waals surface area contributed by atoms with Gasteiger partial charge in [-0.3, -0.25) is 0 Å². The van der Waals surface area contributed by atoms with E-state index in [0.717, 1.165) is 12.1 Å². The molecule has 0 saturated heterocycles. The first-order chi connectivity index (χ1) is 9.69. The summed E-state index contributed by atoms with van der Waals surface area (Å²) < 4.78 is 45.1. The molecule has 0 radical (unpaired) electrons. The van der Waals surface area contributed by atoms with Crippen LogP contribution in [0.4, 0.5) is 4.39 Å². The second-order valence-corrected chi connectivity index (χ2v) is 6.65. The number of sulfonamides is 1. The summed E-state index contributed by atoms with van der Waals surface area (Å²) in [5.41, 5.74) is -0.798. The number of nitrogens with one attached hydrogen (secondary N) is 1. The van der Waals surface area contributed by atoms with Crippen molar-refractivity contribution in [2.24, 2.45) is 5.92 Å². The van der Waals surface area contributed by atoms with Gasteiger partial charge in [-0.15, -0.1) is 0 Å². The summed E-state index contributed by atoms with van der Waals surface area (Å²) in [6.07, 6.45) is 0. The minimum Gasteiger partial charge on any atom is -0.478 e.